The minimum Gasteiger partial charge on any atom is -0.478 e. The third kappa shape index (κ3) is 5.14. The first-order valence-electron chi connectivity index (χ1n) is 11.8. The number of carbonyl (C=O) groups excluding carboxylic acids is 2. The summed E-state index contributed by atoms with van der Waals surface area (Å²) in [4.78, 5) is 38.1. The van der Waals surface area contributed by atoms with Gasteiger partial charge in [0.25, 0.3) is 0 Å². The van der Waals surface area contributed by atoms with Gasteiger partial charge in [-0.25, -0.2) is 9.59 Å². The molecule has 1 aliphatic carbocycles. The van der Waals surface area contributed by atoms with E-state index in [2.05, 4.69) is 29.6 Å². The molecule has 1 aliphatic heterocycles. The highest BCUT2D eigenvalue weighted by Crippen LogP contribution is 2.44. The molecule has 178 valence electrons. The molecule has 2 aromatic carbocycles. The number of amides is 2. The zero-order valence-electron chi connectivity index (χ0n) is 19.3. The quantitative estimate of drug-likeness (QED) is 0.609. The summed E-state index contributed by atoms with van der Waals surface area (Å²) in [6.07, 6.45) is 3.01. The molecular formula is C27H30N2O5. The van der Waals surface area contributed by atoms with Gasteiger partial charge in [0.2, 0.25) is 5.91 Å². The molecule has 4 rings (SSSR count). The van der Waals surface area contributed by atoms with E-state index in [0.29, 0.717) is 25.0 Å². The first kappa shape index (κ1) is 23.5. The van der Waals surface area contributed by atoms with Crippen molar-refractivity contribution in [2.75, 3.05) is 19.7 Å². The predicted octanol–water partition coefficient (Wildman–Crippen LogP) is 4.33. The van der Waals surface area contributed by atoms with Crippen molar-refractivity contribution in [3.05, 3.63) is 71.3 Å². The van der Waals surface area contributed by atoms with Gasteiger partial charge in [-0.3, -0.25) is 4.79 Å². The van der Waals surface area contributed by atoms with Crippen LogP contribution in [0.4, 0.5) is 4.79 Å². The van der Waals surface area contributed by atoms with Gasteiger partial charge in [-0.15, -0.1) is 0 Å². The van der Waals surface area contributed by atoms with Gasteiger partial charge in [-0.1, -0.05) is 68.0 Å². The highest BCUT2D eigenvalue weighted by atomic mass is 16.5. The molecule has 7 heteroatoms. The summed E-state index contributed by atoms with van der Waals surface area (Å²) in [6, 6.07) is 16.0. The normalized spacial score (nSPS) is 15.7. The van der Waals surface area contributed by atoms with E-state index in [0.717, 1.165) is 17.5 Å². The van der Waals surface area contributed by atoms with Crippen LogP contribution in [-0.4, -0.2) is 53.7 Å². The van der Waals surface area contributed by atoms with Crippen LogP contribution < -0.4 is 5.32 Å². The second kappa shape index (κ2) is 10.5. The lowest BCUT2D eigenvalue weighted by Crippen LogP contribution is -2.42. The molecule has 0 fully saturated rings. The maximum atomic E-state index is 12.7. The Hall–Kier alpha value is -3.61. The van der Waals surface area contributed by atoms with E-state index in [1.807, 2.05) is 31.2 Å². The number of nitrogens with zero attached hydrogens (tertiary/aromatic N) is 1. The maximum Gasteiger partial charge on any atom is 0.407 e. The smallest absolute Gasteiger partial charge is 0.407 e. The summed E-state index contributed by atoms with van der Waals surface area (Å²) < 4.78 is 5.63. The van der Waals surface area contributed by atoms with E-state index in [1.54, 1.807) is 11.0 Å². The van der Waals surface area contributed by atoms with Crippen LogP contribution in [0.2, 0.25) is 0 Å². The Kier molecular flexibility index (Phi) is 7.30. The Balaban J connectivity index is 1.34. The van der Waals surface area contributed by atoms with Gasteiger partial charge in [0.1, 0.15) is 6.61 Å². The number of carbonyl (C=O) groups is 3. The first-order chi connectivity index (χ1) is 16.5. The summed E-state index contributed by atoms with van der Waals surface area (Å²) in [5.74, 6) is -1.06. The van der Waals surface area contributed by atoms with Gasteiger partial charge in [-0.2, -0.15) is 0 Å². The average molecular weight is 463 g/mol. The van der Waals surface area contributed by atoms with Gasteiger partial charge in [0.05, 0.1) is 0 Å². The van der Waals surface area contributed by atoms with Crippen LogP contribution in [0.5, 0.6) is 0 Å². The summed E-state index contributed by atoms with van der Waals surface area (Å²) in [6.45, 7) is 2.88. The molecule has 0 radical (unpaired) electrons. The van der Waals surface area contributed by atoms with Crippen LogP contribution >= 0.6 is 0 Å². The van der Waals surface area contributed by atoms with Crippen molar-refractivity contribution in [2.45, 2.75) is 44.6 Å². The number of carboxylic acid groups (broad SMARTS) is 1. The van der Waals surface area contributed by atoms with E-state index in [-0.39, 0.29) is 37.4 Å². The second-order valence-electron chi connectivity index (χ2n) is 8.78. The van der Waals surface area contributed by atoms with Crippen molar-refractivity contribution < 1.29 is 24.2 Å². The van der Waals surface area contributed by atoms with Crippen molar-refractivity contribution >= 4 is 18.0 Å². The van der Waals surface area contributed by atoms with Crippen molar-refractivity contribution in [3.8, 4) is 11.1 Å². The van der Waals surface area contributed by atoms with Crippen molar-refractivity contribution in [2.24, 2.45) is 0 Å². The number of hydrogen-bond acceptors (Lipinski definition) is 4. The van der Waals surface area contributed by atoms with Crippen LogP contribution in [0.15, 0.2) is 60.2 Å². The largest absolute Gasteiger partial charge is 0.478 e. The van der Waals surface area contributed by atoms with Crippen LogP contribution in [0, 0.1) is 0 Å². The van der Waals surface area contributed by atoms with Gasteiger partial charge in [-0.05, 0) is 35.1 Å². The van der Waals surface area contributed by atoms with E-state index in [9.17, 15) is 14.4 Å². The molecule has 0 saturated carbocycles. The highest BCUT2D eigenvalue weighted by Gasteiger charge is 2.29. The third-order valence-electron chi connectivity index (χ3n) is 6.56. The number of ether oxygens (including phenoxy) is 1. The zero-order chi connectivity index (χ0) is 24.1. The Labute approximate surface area is 199 Å². The molecule has 1 atom stereocenters. The van der Waals surface area contributed by atoms with E-state index in [4.69, 9.17) is 9.84 Å². The Bertz CT molecular complexity index is 1060. The third-order valence-corrected chi connectivity index (χ3v) is 6.56. The molecule has 0 aromatic heterocycles. The summed E-state index contributed by atoms with van der Waals surface area (Å²) in [5, 5.41) is 12.0. The molecule has 1 unspecified atom stereocenters. The standard InChI is InChI=1S/C27H30N2O5/c1-2-7-19(16-25(30)29-14-12-18(13-15-29)26(31)32)28-27(33)34-17-24-22-10-5-3-8-20(22)21-9-4-6-11-23(21)24/h3-6,8-12,19,24H,2,7,13-17H2,1H3,(H,28,33)(H,31,32). The van der Waals surface area contributed by atoms with E-state index >= 15 is 0 Å². The molecule has 0 spiro atoms. The number of benzene rings is 2. The van der Waals surface area contributed by atoms with Gasteiger partial charge in [0, 0.05) is 37.0 Å². The number of nitrogens with one attached hydrogen (secondary N) is 1. The topological polar surface area (TPSA) is 95.9 Å². The zero-order valence-corrected chi connectivity index (χ0v) is 19.3. The van der Waals surface area contributed by atoms with Gasteiger partial charge < -0.3 is 20.1 Å². The fourth-order valence-electron chi connectivity index (χ4n) is 4.81. The first-order valence-corrected chi connectivity index (χ1v) is 11.8. The number of aliphatic carboxylic acids is 1. The van der Waals surface area contributed by atoms with Crippen LogP contribution in [-0.2, 0) is 14.3 Å². The van der Waals surface area contributed by atoms with Crippen molar-refractivity contribution in [1.82, 2.24) is 10.2 Å². The number of hydrogen-bond donors (Lipinski definition) is 2. The van der Waals surface area contributed by atoms with E-state index < -0.39 is 12.1 Å². The molecule has 0 bridgehead atoms. The highest BCUT2D eigenvalue weighted by molar-refractivity contribution is 5.87. The number of carboxylic acids is 1. The van der Waals surface area contributed by atoms with Crippen molar-refractivity contribution in [1.29, 1.82) is 0 Å². The lowest BCUT2D eigenvalue weighted by Gasteiger charge is -2.27. The molecule has 2 aliphatic rings. The molecular weight excluding hydrogens is 432 g/mol. The fourth-order valence-corrected chi connectivity index (χ4v) is 4.81. The monoisotopic (exact) mass is 462 g/mol. The Morgan fingerprint density at radius 1 is 1.09 bits per heavy atom. The van der Waals surface area contributed by atoms with Gasteiger partial charge >= 0.3 is 12.1 Å². The van der Waals surface area contributed by atoms with Gasteiger partial charge in [0.15, 0.2) is 0 Å². The lowest BCUT2D eigenvalue weighted by molar-refractivity contribution is -0.135. The molecule has 2 amide bonds. The molecule has 34 heavy (non-hydrogen) atoms. The maximum absolute atomic E-state index is 12.7. The number of alkyl carbamates (subject to hydrolysis) is 1. The summed E-state index contributed by atoms with van der Waals surface area (Å²) in [5.41, 5.74) is 4.98. The average Bonchev–Trinajstić information content (AvgIpc) is 3.16. The molecule has 7 nitrogen and oxygen atoms in total. The fraction of sp³-hybridized carbons (Fsp3) is 0.370. The summed E-state index contributed by atoms with van der Waals surface area (Å²) in [7, 11) is 0. The molecule has 0 saturated heterocycles. The van der Waals surface area contributed by atoms with Crippen molar-refractivity contribution in [3.63, 3.8) is 0 Å². The number of rotatable bonds is 8. The lowest BCUT2D eigenvalue weighted by atomic mass is 9.98. The second-order valence-corrected chi connectivity index (χ2v) is 8.78. The summed E-state index contributed by atoms with van der Waals surface area (Å²) >= 11 is 0. The SMILES string of the molecule is CCCC(CC(=O)N1CC=C(C(=O)O)CC1)NC(=O)OCC1c2ccccc2-c2ccccc21. The van der Waals surface area contributed by atoms with Crippen LogP contribution in [0.25, 0.3) is 11.1 Å². The number of fused-ring (bicyclic) bond motifs is 3. The molecule has 1 heterocycles. The van der Waals surface area contributed by atoms with Crippen LogP contribution in [0.3, 0.4) is 0 Å². The Morgan fingerprint density at radius 2 is 1.74 bits per heavy atom. The molecule has 2 N–H and O–H groups in total. The minimum absolute atomic E-state index is 0.0204. The van der Waals surface area contributed by atoms with Crippen LogP contribution in [0.1, 0.15) is 49.7 Å². The minimum atomic E-state index is -0.937. The predicted molar refractivity (Wildman–Crippen MR) is 128 cm³/mol. The molecule has 2 aromatic rings. The Morgan fingerprint density at radius 3 is 2.29 bits per heavy atom. The van der Waals surface area contributed by atoms with E-state index in [1.165, 1.54) is 11.1 Å².